The van der Waals surface area contributed by atoms with Gasteiger partial charge in [-0.05, 0) is 36.8 Å². The van der Waals surface area contributed by atoms with Gasteiger partial charge in [0.1, 0.15) is 5.65 Å². The van der Waals surface area contributed by atoms with Crippen LogP contribution in [0.15, 0.2) is 40.9 Å². The Kier molecular flexibility index (Phi) is 3.12. The predicted octanol–water partition coefficient (Wildman–Crippen LogP) is 3.79. The van der Waals surface area contributed by atoms with Crippen molar-refractivity contribution in [1.29, 1.82) is 0 Å². The molecule has 2 heterocycles. The molecule has 0 unspecified atom stereocenters. The number of H-pyrrole nitrogens is 1. The maximum absolute atomic E-state index is 9.12. The molecule has 0 radical (unpaired) electrons. The summed E-state index contributed by atoms with van der Waals surface area (Å²) in [5, 5.41) is 10.2. The first-order valence-corrected chi connectivity index (χ1v) is 6.83. The number of benzene rings is 1. The van der Waals surface area contributed by atoms with Crippen LogP contribution < -0.4 is 0 Å². The van der Waals surface area contributed by atoms with E-state index in [0.29, 0.717) is 5.69 Å². The Morgan fingerprint density at radius 2 is 2.11 bits per heavy atom. The number of aliphatic hydroxyl groups excluding tert-OH is 1. The fourth-order valence-electron chi connectivity index (χ4n) is 2.18. The highest BCUT2D eigenvalue weighted by atomic mass is 79.9. The van der Waals surface area contributed by atoms with Gasteiger partial charge >= 0.3 is 0 Å². The molecule has 4 heteroatoms. The summed E-state index contributed by atoms with van der Waals surface area (Å²) in [6.45, 7) is 2.04. The van der Waals surface area contributed by atoms with Crippen LogP contribution in [0.4, 0.5) is 0 Å². The quantitative estimate of drug-likeness (QED) is 0.755. The van der Waals surface area contributed by atoms with E-state index in [1.165, 1.54) is 5.56 Å². The van der Waals surface area contributed by atoms with Crippen LogP contribution in [-0.4, -0.2) is 15.1 Å². The minimum absolute atomic E-state index is 0.0415. The number of halogens is 1. The molecule has 0 fully saturated rings. The summed E-state index contributed by atoms with van der Waals surface area (Å²) in [6, 6.07) is 12.0. The fourth-order valence-corrected chi connectivity index (χ4v) is 2.54. The van der Waals surface area contributed by atoms with Crippen molar-refractivity contribution in [3.8, 4) is 11.3 Å². The standard InChI is InChI=1S/C15H13BrN2O/c1-9-12(3-2-4-13(9)16)14-7-10-5-6-11(8-19)17-15(10)18-14/h2-7,19H,8H2,1H3,(H,17,18). The summed E-state index contributed by atoms with van der Waals surface area (Å²) in [5.41, 5.74) is 4.86. The summed E-state index contributed by atoms with van der Waals surface area (Å²) < 4.78 is 1.09. The average Bonchev–Trinajstić information content (AvgIpc) is 2.84. The van der Waals surface area contributed by atoms with Gasteiger partial charge in [0.2, 0.25) is 0 Å². The summed E-state index contributed by atoms with van der Waals surface area (Å²) in [4.78, 5) is 7.69. The van der Waals surface area contributed by atoms with E-state index >= 15 is 0 Å². The number of aromatic nitrogens is 2. The molecule has 0 saturated carbocycles. The van der Waals surface area contributed by atoms with Gasteiger partial charge in [0, 0.05) is 21.1 Å². The lowest BCUT2D eigenvalue weighted by Crippen LogP contribution is -1.88. The predicted molar refractivity (Wildman–Crippen MR) is 79.9 cm³/mol. The summed E-state index contributed by atoms with van der Waals surface area (Å²) in [5.74, 6) is 0. The van der Waals surface area contributed by atoms with Gasteiger partial charge < -0.3 is 10.1 Å². The number of fused-ring (bicyclic) bond motifs is 1. The highest BCUT2D eigenvalue weighted by Gasteiger charge is 2.08. The van der Waals surface area contributed by atoms with Gasteiger partial charge in [0.15, 0.2) is 0 Å². The van der Waals surface area contributed by atoms with Crippen LogP contribution in [-0.2, 0) is 6.61 Å². The van der Waals surface area contributed by atoms with E-state index in [0.717, 1.165) is 26.8 Å². The van der Waals surface area contributed by atoms with E-state index in [2.05, 4.69) is 45.0 Å². The summed E-state index contributed by atoms with van der Waals surface area (Å²) in [6.07, 6.45) is 0. The lowest BCUT2D eigenvalue weighted by atomic mass is 10.1. The number of aliphatic hydroxyl groups is 1. The second-order valence-electron chi connectivity index (χ2n) is 4.49. The van der Waals surface area contributed by atoms with Crippen LogP contribution in [0.3, 0.4) is 0 Å². The molecule has 19 heavy (non-hydrogen) atoms. The first-order chi connectivity index (χ1) is 9.19. The van der Waals surface area contributed by atoms with Crippen molar-refractivity contribution in [2.45, 2.75) is 13.5 Å². The molecule has 0 aliphatic heterocycles. The third-order valence-corrected chi connectivity index (χ3v) is 4.12. The largest absolute Gasteiger partial charge is 0.390 e. The minimum Gasteiger partial charge on any atom is -0.390 e. The Labute approximate surface area is 119 Å². The van der Waals surface area contributed by atoms with Crippen molar-refractivity contribution in [2.75, 3.05) is 0 Å². The lowest BCUT2D eigenvalue weighted by Gasteiger charge is -2.04. The molecule has 0 aliphatic carbocycles. The van der Waals surface area contributed by atoms with Gasteiger partial charge in [-0.3, -0.25) is 0 Å². The highest BCUT2D eigenvalue weighted by molar-refractivity contribution is 9.10. The lowest BCUT2D eigenvalue weighted by molar-refractivity contribution is 0.277. The fraction of sp³-hybridized carbons (Fsp3) is 0.133. The van der Waals surface area contributed by atoms with E-state index in [9.17, 15) is 0 Å². The summed E-state index contributed by atoms with van der Waals surface area (Å²) >= 11 is 3.55. The molecule has 0 atom stereocenters. The van der Waals surface area contributed by atoms with Crippen LogP contribution in [0.25, 0.3) is 22.3 Å². The number of nitrogens with one attached hydrogen (secondary N) is 1. The second-order valence-corrected chi connectivity index (χ2v) is 5.35. The molecule has 0 saturated heterocycles. The Balaban J connectivity index is 2.18. The van der Waals surface area contributed by atoms with Crippen molar-refractivity contribution in [3.63, 3.8) is 0 Å². The molecular formula is C15H13BrN2O. The van der Waals surface area contributed by atoms with E-state index in [1.807, 2.05) is 24.3 Å². The molecule has 0 bridgehead atoms. The SMILES string of the molecule is Cc1c(Br)cccc1-c1cc2ccc(CO)nc2[nH]1. The zero-order valence-electron chi connectivity index (χ0n) is 10.4. The van der Waals surface area contributed by atoms with Crippen LogP contribution in [0.1, 0.15) is 11.3 Å². The molecule has 3 nitrogen and oxygen atoms in total. The van der Waals surface area contributed by atoms with E-state index < -0.39 is 0 Å². The second kappa shape index (κ2) is 4.79. The van der Waals surface area contributed by atoms with E-state index in [-0.39, 0.29) is 6.61 Å². The third kappa shape index (κ3) is 2.17. The normalized spacial score (nSPS) is 11.1. The van der Waals surface area contributed by atoms with Gasteiger partial charge in [0.05, 0.1) is 12.3 Å². The molecule has 0 amide bonds. The van der Waals surface area contributed by atoms with E-state index in [1.54, 1.807) is 0 Å². The van der Waals surface area contributed by atoms with Crippen LogP contribution in [0.5, 0.6) is 0 Å². The number of rotatable bonds is 2. The van der Waals surface area contributed by atoms with Gasteiger partial charge in [-0.15, -0.1) is 0 Å². The molecule has 0 aliphatic rings. The third-order valence-electron chi connectivity index (χ3n) is 3.26. The molecule has 3 rings (SSSR count). The maximum atomic E-state index is 9.12. The Bertz CT molecular complexity index is 749. The minimum atomic E-state index is -0.0415. The monoisotopic (exact) mass is 316 g/mol. The van der Waals surface area contributed by atoms with Gasteiger partial charge in [-0.1, -0.05) is 28.1 Å². The molecule has 2 N–H and O–H groups in total. The smallest absolute Gasteiger partial charge is 0.138 e. The van der Waals surface area contributed by atoms with Crippen LogP contribution in [0.2, 0.25) is 0 Å². The topological polar surface area (TPSA) is 48.9 Å². The number of hydrogen-bond acceptors (Lipinski definition) is 2. The molecule has 96 valence electrons. The number of nitrogens with zero attached hydrogens (tertiary/aromatic N) is 1. The van der Waals surface area contributed by atoms with Crippen molar-refractivity contribution >= 4 is 27.0 Å². The van der Waals surface area contributed by atoms with E-state index in [4.69, 9.17) is 5.11 Å². The van der Waals surface area contributed by atoms with Gasteiger partial charge in [-0.25, -0.2) is 4.98 Å². The zero-order chi connectivity index (χ0) is 13.4. The van der Waals surface area contributed by atoms with Gasteiger partial charge in [0.25, 0.3) is 0 Å². The average molecular weight is 317 g/mol. The molecule has 3 aromatic rings. The number of aromatic amines is 1. The Morgan fingerprint density at radius 3 is 2.89 bits per heavy atom. The first-order valence-electron chi connectivity index (χ1n) is 6.04. The number of pyridine rings is 1. The molecular weight excluding hydrogens is 304 g/mol. The van der Waals surface area contributed by atoms with Crippen molar-refractivity contribution in [2.24, 2.45) is 0 Å². The van der Waals surface area contributed by atoms with Crippen molar-refractivity contribution in [3.05, 3.63) is 52.1 Å². The molecule has 2 aromatic heterocycles. The highest BCUT2D eigenvalue weighted by Crippen LogP contribution is 2.29. The number of hydrogen-bond donors (Lipinski definition) is 2. The first kappa shape index (κ1) is 12.4. The maximum Gasteiger partial charge on any atom is 0.138 e. The van der Waals surface area contributed by atoms with Crippen LogP contribution in [0, 0.1) is 6.92 Å². The van der Waals surface area contributed by atoms with Crippen LogP contribution >= 0.6 is 15.9 Å². The Hall–Kier alpha value is -1.65. The molecule has 1 aromatic carbocycles. The Morgan fingerprint density at radius 1 is 1.26 bits per heavy atom. The van der Waals surface area contributed by atoms with Gasteiger partial charge in [-0.2, -0.15) is 0 Å². The zero-order valence-corrected chi connectivity index (χ0v) is 12.0. The van der Waals surface area contributed by atoms with Crippen molar-refractivity contribution < 1.29 is 5.11 Å². The summed E-state index contributed by atoms with van der Waals surface area (Å²) in [7, 11) is 0. The van der Waals surface area contributed by atoms with Crippen molar-refractivity contribution in [1.82, 2.24) is 9.97 Å². The molecule has 0 spiro atoms.